The molecule has 65 heavy (non-hydrogen) atoms. The van der Waals surface area contributed by atoms with E-state index in [9.17, 15) is 32.6 Å². The van der Waals surface area contributed by atoms with Gasteiger partial charge in [-0.3, -0.25) is 14.2 Å². The molecule has 8 rings (SSSR count). The molecule has 2 aromatic carbocycles. The maximum absolute atomic E-state index is 15.0. The molecule has 4 fully saturated rings. The fourth-order valence-corrected chi connectivity index (χ4v) is 13.2. The van der Waals surface area contributed by atoms with Crippen molar-refractivity contribution in [1.29, 1.82) is 0 Å². The monoisotopic (exact) mass is 956 g/mol. The van der Waals surface area contributed by atoms with Crippen LogP contribution in [0, 0.1) is 17.6 Å². The molecule has 2 saturated heterocycles. The number of alkyl carbamates (subject to hydrolysis) is 1. The quantitative estimate of drug-likeness (QED) is 0.105. The highest BCUT2D eigenvalue weighted by Gasteiger charge is 2.66. The number of amides is 3. The van der Waals surface area contributed by atoms with E-state index in [0.717, 1.165) is 57.1 Å². The Morgan fingerprint density at radius 3 is 2.43 bits per heavy atom. The van der Waals surface area contributed by atoms with E-state index in [1.807, 2.05) is 19.2 Å². The first kappa shape index (κ1) is 46.9. The summed E-state index contributed by atoms with van der Waals surface area (Å²) in [7, 11) is -3.06. The van der Waals surface area contributed by atoms with Gasteiger partial charge in [-0.25, -0.2) is 23.5 Å². The maximum Gasteiger partial charge on any atom is 0.408 e. The summed E-state index contributed by atoms with van der Waals surface area (Å²) < 4.78 is 62.5. The van der Waals surface area contributed by atoms with Crippen LogP contribution in [0.2, 0.25) is 5.02 Å². The molecule has 350 valence electrons. The van der Waals surface area contributed by atoms with Crippen LogP contribution in [-0.4, -0.2) is 86.9 Å². The van der Waals surface area contributed by atoms with Crippen LogP contribution in [0.1, 0.15) is 103 Å². The zero-order valence-electron chi connectivity index (χ0n) is 36.7. The molecule has 2 aliphatic carbocycles. The fourth-order valence-electron chi connectivity index (χ4n) is 9.58. The summed E-state index contributed by atoms with van der Waals surface area (Å²) in [5, 5.41) is 10.7. The number of ether oxygens (including phenoxy) is 3. The molecule has 4 heterocycles. The second-order valence-corrected chi connectivity index (χ2v) is 21.8. The number of halogens is 3. The number of nitrogens with zero attached hydrogens (tertiary/aromatic N) is 3. The molecule has 6 unspecified atom stereocenters. The zero-order valence-corrected chi connectivity index (χ0v) is 39.2. The Bertz CT molecular complexity index is 2450. The van der Waals surface area contributed by atoms with Gasteiger partial charge in [-0.1, -0.05) is 49.8 Å². The molecule has 3 amide bonds. The van der Waals surface area contributed by atoms with E-state index in [2.05, 4.69) is 16.0 Å². The highest BCUT2D eigenvalue weighted by atomic mass is 35.5. The minimum atomic E-state index is -4.56. The summed E-state index contributed by atoms with van der Waals surface area (Å²) in [5.74, 6) is -2.85. The topological polar surface area (TPSA) is 181 Å². The van der Waals surface area contributed by atoms with Crippen molar-refractivity contribution >= 4 is 64.2 Å². The lowest BCUT2D eigenvalue weighted by Gasteiger charge is -2.31. The van der Waals surface area contributed by atoms with Crippen molar-refractivity contribution in [1.82, 2.24) is 25.5 Å². The number of pyridine rings is 1. The van der Waals surface area contributed by atoms with Gasteiger partial charge in [0.1, 0.15) is 63.4 Å². The second kappa shape index (κ2) is 19.7. The number of hydrogen-bond acceptors (Lipinski definition) is 11. The lowest BCUT2D eigenvalue weighted by Crippen LogP contribution is -2.55. The van der Waals surface area contributed by atoms with E-state index < -0.39 is 78.0 Å². The fraction of sp³-hybridized carbons (Fsp3) is 0.543. The normalized spacial score (nSPS) is 25.2. The number of thiazole rings is 1. The van der Waals surface area contributed by atoms with Crippen molar-refractivity contribution in [2.24, 2.45) is 5.92 Å². The number of fused-ring (bicyclic) bond motifs is 3. The Kier molecular flexibility index (Phi) is 14.2. The molecule has 19 heteroatoms. The third-order valence-corrected chi connectivity index (χ3v) is 16.9. The van der Waals surface area contributed by atoms with Crippen molar-refractivity contribution in [2.45, 2.75) is 139 Å². The number of anilines is 1. The van der Waals surface area contributed by atoms with Gasteiger partial charge in [0, 0.05) is 34.9 Å². The summed E-state index contributed by atoms with van der Waals surface area (Å²) in [4.78, 5) is 65.9. The SMILES string of the molecule is COc1ccc2c(OC3CC4C(=O)NC5(P(=O)(O)Cc6c(F)cccc6F)CC5CCCCCCCC(NC(=O)OC5CCCC5)C(=O)N4C3)cc(-c3csc(NC(C)C)n3)nc2c1Cl. The van der Waals surface area contributed by atoms with Gasteiger partial charge in [0.15, 0.2) is 5.13 Å². The highest BCUT2D eigenvalue weighted by molar-refractivity contribution is 7.59. The van der Waals surface area contributed by atoms with Crippen LogP contribution in [0.3, 0.4) is 0 Å². The highest BCUT2D eigenvalue weighted by Crippen LogP contribution is 2.71. The minimum Gasteiger partial charge on any atom is -0.495 e. The van der Waals surface area contributed by atoms with Crippen molar-refractivity contribution in [3.8, 4) is 22.9 Å². The van der Waals surface area contributed by atoms with Crippen LogP contribution in [0.15, 0.2) is 41.8 Å². The number of methoxy groups -OCH3 is 1. The molecule has 4 aliphatic rings. The predicted octanol–water partition coefficient (Wildman–Crippen LogP) is 9.55. The smallest absolute Gasteiger partial charge is 0.408 e. The predicted molar refractivity (Wildman–Crippen MR) is 245 cm³/mol. The van der Waals surface area contributed by atoms with E-state index in [-0.39, 0.29) is 36.6 Å². The second-order valence-electron chi connectivity index (χ2n) is 18.0. The number of carbonyl (C=O) groups excluding carboxylic acids is 3. The number of aromatic nitrogens is 2. The van der Waals surface area contributed by atoms with Gasteiger partial charge in [0.05, 0.1) is 31.0 Å². The Hall–Kier alpha value is -4.57. The molecule has 0 radical (unpaired) electrons. The van der Waals surface area contributed by atoms with Crippen molar-refractivity contribution in [2.75, 3.05) is 19.0 Å². The summed E-state index contributed by atoms with van der Waals surface area (Å²) >= 11 is 8.28. The molecule has 4 aromatic rings. The number of nitrogens with one attached hydrogen (secondary N) is 3. The Morgan fingerprint density at radius 1 is 1.00 bits per heavy atom. The van der Waals surface area contributed by atoms with E-state index in [0.29, 0.717) is 64.6 Å². The molecule has 2 saturated carbocycles. The minimum absolute atomic E-state index is 0.0442. The molecule has 4 N–H and O–H groups in total. The van der Waals surface area contributed by atoms with Gasteiger partial charge >= 0.3 is 6.09 Å². The van der Waals surface area contributed by atoms with Crippen molar-refractivity contribution in [3.63, 3.8) is 0 Å². The largest absolute Gasteiger partial charge is 0.495 e. The number of rotatable bonds is 11. The van der Waals surface area contributed by atoms with Gasteiger partial charge in [-0.2, -0.15) is 0 Å². The summed E-state index contributed by atoms with van der Waals surface area (Å²) in [5.41, 5.74) is 0.862. The molecule has 0 bridgehead atoms. The number of carbonyl (C=O) groups is 3. The van der Waals surface area contributed by atoms with Crippen molar-refractivity contribution < 1.29 is 46.8 Å². The van der Waals surface area contributed by atoms with Crippen LogP contribution in [-0.2, 0) is 25.1 Å². The molecular formula is C46H56ClF2N6O8PS. The van der Waals surface area contributed by atoms with Gasteiger partial charge in [-0.05, 0) is 89.0 Å². The first-order chi connectivity index (χ1) is 31.2. The van der Waals surface area contributed by atoms with Crippen LogP contribution in [0.5, 0.6) is 11.5 Å². The van der Waals surface area contributed by atoms with Gasteiger partial charge in [0.25, 0.3) is 0 Å². The number of hydrogen-bond donors (Lipinski definition) is 4. The summed E-state index contributed by atoms with van der Waals surface area (Å²) in [6, 6.07) is 6.29. The third kappa shape index (κ3) is 10.2. The first-order valence-corrected chi connectivity index (χ1v) is 25.7. The molecule has 6 atom stereocenters. The van der Waals surface area contributed by atoms with E-state index in [1.165, 1.54) is 29.4 Å². The molecule has 2 aromatic heterocycles. The standard InChI is InChI=1S/C46H56ClF2N6O8PS/c1-26(2)50-44-52-36(25-65-44)35-21-39(30-18-19-38(61-3)40(47)41(30)51-35)62-29-20-37-42(56)54-46(64(59,60)24-31-32(48)15-11-16-33(31)49)22-27(46)12-7-5-4-6-8-17-34(43(57)55(37)23-29)53-45(58)63-28-13-9-10-14-28/h11,15-16,18-19,21,25-29,34,37H,4-10,12-14,17,20,22-24H2,1-3H3,(H,50,52)(H,53,58)(H,54,56)(H,59,60). The molecule has 0 spiro atoms. The van der Waals surface area contributed by atoms with E-state index >= 15 is 0 Å². The van der Waals surface area contributed by atoms with Crippen LogP contribution in [0.4, 0.5) is 18.7 Å². The molecule has 2 aliphatic heterocycles. The van der Waals surface area contributed by atoms with Gasteiger partial charge in [-0.15, -0.1) is 11.3 Å². The van der Waals surface area contributed by atoms with Gasteiger partial charge in [0.2, 0.25) is 19.2 Å². The average Bonchev–Trinajstić information content (AvgIpc) is 3.68. The number of benzene rings is 2. The molecule has 14 nitrogen and oxygen atoms in total. The van der Waals surface area contributed by atoms with Crippen LogP contribution in [0.25, 0.3) is 22.3 Å². The third-order valence-electron chi connectivity index (χ3n) is 13.1. The lowest BCUT2D eigenvalue weighted by molar-refractivity contribution is -0.140. The maximum atomic E-state index is 15.0. The lowest BCUT2D eigenvalue weighted by atomic mass is 10.0. The molecular weight excluding hydrogens is 901 g/mol. The van der Waals surface area contributed by atoms with E-state index in [4.69, 9.17) is 35.8 Å². The van der Waals surface area contributed by atoms with E-state index in [1.54, 1.807) is 18.2 Å². The summed E-state index contributed by atoms with van der Waals surface area (Å²) in [6.07, 6.45) is 5.33. The van der Waals surface area contributed by atoms with Gasteiger partial charge < -0.3 is 40.0 Å². The summed E-state index contributed by atoms with van der Waals surface area (Å²) in [6.45, 7) is 3.92. The Balaban J connectivity index is 1.14. The zero-order chi connectivity index (χ0) is 46.0. The van der Waals surface area contributed by atoms with Crippen LogP contribution >= 0.6 is 30.3 Å². The van der Waals surface area contributed by atoms with Crippen molar-refractivity contribution in [3.05, 3.63) is 64.0 Å². The van der Waals surface area contributed by atoms with Crippen LogP contribution < -0.4 is 25.4 Å². The Morgan fingerprint density at radius 2 is 1.71 bits per heavy atom. The average molecular weight is 957 g/mol. The first-order valence-electron chi connectivity index (χ1n) is 22.6. The Labute approximate surface area is 386 Å².